The smallest absolute Gasteiger partial charge is 0.322 e. The summed E-state index contributed by atoms with van der Waals surface area (Å²) in [7, 11) is 1.81. The number of rotatable bonds is 5. The first-order valence-corrected chi connectivity index (χ1v) is 9.29. The zero-order valence-electron chi connectivity index (χ0n) is 14.8. The highest BCUT2D eigenvalue weighted by molar-refractivity contribution is 5.88. The molecule has 0 aromatic carbocycles. The molecule has 0 spiro atoms. The van der Waals surface area contributed by atoms with E-state index in [1.54, 1.807) is 11.1 Å². The summed E-state index contributed by atoms with van der Waals surface area (Å²) in [5.74, 6) is 1.48. The Hall–Kier alpha value is -2.31. The van der Waals surface area contributed by atoms with Crippen LogP contribution in [-0.2, 0) is 25.9 Å². The molecule has 2 aliphatic rings. The normalized spacial score (nSPS) is 17.0. The summed E-state index contributed by atoms with van der Waals surface area (Å²) in [6.45, 7) is 1.41. The van der Waals surface area contributed by atoms with Crippen molar-refractivity contribution in [3.8, 4) is 0 Å². The highest BCUT2D eigenvalue weighted by Crippen LogP contribution is 2.31. The van der Waals surface area contributed by atoms with Gasteiger partial charge >= 0.3 is 6.03 Å². The maximum Gasteiger partial charge on any atom is 0.323 e. The number of hydrogen-bond donors (Lipinski definition) is 2. The fraction of sp³-hybridized carbons (Fsp3) is 0.611. The Labute approximate surface area is 147 Å². The molecular weight excluding hydrogens is 316 g/mol. The number of amides is 2. The van der Waals surface area contributed by atoms with Gasteiger partial charge in [-0.1, -0.05) is 6.42 Å². The van der Waals surface area contributed by atoms with Gasteiger partial charge in [-0.25, -0.2) is 9.48 Å². The molecule has 0 aliphatic heterocycles. The predicted molar refractivity (Wildman–Crippen MR) is 95.3 cm³/mol. The van der Waals surface area contributed by atoms with E-state index in [1.807, 2.05) is 17.8 Å². The number of aromatic nitrogens is 4. The number of H-pyrrole nitrogens is 1. The zero-order chi connectivity index (χ0) is 17.2. The molecular formula is C18H26N6O. The monoisotopic (exact) mass is 342 g/mol. The van der Waals surface area contributed by atoms with Crippen LogP contribution in [0.1, 0.15) is 49.1 Å². The Morgan fingerprint density at radius 1 is 1.36 bits per heavy atom. The largest absolute Gasteiger partial charge is 0.323 e. The molecule has 7 heteroatoms. The third kappa shape index (κ3) is 3.70. The van der Waals surface area contributed by atoms with Crippen LogP contribution in [0.4, 0.5) is 10.6 Å². The molecule has 1 saturated carbocycles. The second-order valence-electron chi connectivity index (χ2n) is 7.32. The van der Waals surface area contributed by atoms with Gasteiger partial charge in [-0.3, -0.25) is 10.4 Å². The van der Waals surface area contributed by atoms with Crippen LogP contribution >= 0.6 is 0 Å². The number of aromatic amines is 1. The molecule has 25 heavy (non-hydrogen) atoms. The summed E-state index contributed by atoms with van der Waals surface area (Å²) in [5, 5.41) is 14.9. The number of nitrogens with one attached hydrogen (secondary N) is 2. The lowest BCUT2D eigenvalue weighted by atomic mass is 10.1. The Bertz CT molecular complexity index is 745. The first kappa shape index (κ1) is 16.2. The molecule has 2 N–H and O–H groups in total. The number of carbonyl (C=O) groups excluding carboxylic acids is 1. The van der Waals surface area contributed by atoms with Gasteiger partial charge in [0.25, 0.3) is 0 Å². The van der Waals surface area contributed by atoms with Gasteiger partial charge in [-0.2, -0.15) is 10.2 Å². The van der Waals surface area contributed by atoms with E-state index in [9.17, 15) is 4.79 Å². The minimum atomic E-state index is -0.122. The van der Waals surface area contributed by atoms with Gasteiger partial charge in [-0.15, -0.1) is 0 Å². The zero-order valence-corrected chi connectivity index (χ0v) is 14.8. The molecule has 0 atom stereocenters. The first-order chi connectivity index (χ1) is 12.2. The number of nitrogens with zero attached hydrogens (tertiary/aromatic N) is 4. The lowest BCUT2D eigenvalue weighted by Crippen LogP contribution is -2.32. The molecule has 0 radical (unpaired) electrons. The quantitative estimate of drug-likeness (QED) is 0.820. The van der Waals surface area contributed by atoms with E-state index in [-0.39, 0.29) is 6.03 Å². The summed E-state index contributed by atoms with van der Waals surface area (Å²) in [4.78, 5) is 14.3. The number of fused-ring (bicyclic) bond motifs is 1. The lowest BCUT2D eigenvalue weighted by Gasteiger charge is -2.18. The van der Waals surface area contributed by atoms with Gasteiger partial charge in [0.05, 0.1) is 18.4 Å². The molecule has 0 saturated heterocycles. The number of hydrogen-bond acceptors (Lipinski definition) is 3. The predicted octanol–water partition coefficient (Wildman–Crippen LogP) is 2.95. The van der Waals surface area contributed by atoms with E-state index in [4.69, 9.17) is 0 Å². The van der Waals surface area contributed by atoms with Crippen molar-refractivity contribution in [3.05, 3.63) is 29.2 Å². The SMILES string of the molecule is CN(Cc1n[nH]c2c1CCCCC2)C(=O)Nc1ccnn1CC1CC1. The van der Waals surface area contributed by atoms with Crippen LogP contribution in [0.25, 0.3) is 0 Å². The minimum Gasteiger partial charge on any atom is -0.322 e. The van der Waals surface area contributed by atoms with Crippen molar-refractivity contribution in [2.45, 2.75) is 58.0 Å². The summed E-state index contributed by atoms with van der Waals surface area (Å²) in [5.41, 5.74) is 3.57. The van der Waals surface area contributed by atoms with Gasteiger partial charge in [0.15, 0.2) is 0 Å². The van der Waals surface area contributed by atoms with Crippen molar-refractivity contribution >= 4 is 11.8 Å². The van der Waals surface area contributed by atoms with Crippen LogP contribution in [0, 0.1) is 5.92 Å². The Balaban J connectivity index is 1.39. The van der Waals surface area contributed by atoms with E-state index in [1.165, 1.54) is 43.4 Å². The van der Waals surface area contributed by atoms with Crippen molar-refractivity contribution in [2.24, 2.45) is 5.92 Å². The van der Waals surface area contributed by atoms with Crippen LogP contribution in [0.2, 0.25) is 0 Å². The summed E-state index contributed by atoms with van der Waals surface area (Å²) < 4.78 is 1.89. The van der Waals surface area contributed by atoms with E-state index >= 15 is 0 Å². The molecule has 2 amide bonds. The second kappa shape index (κ2) is 6.90. The van der Waals surface area contributed by atoms with Gasteiger partial charge in [0, 0.05) is 25.4 Å². The molecule has 0 bridgehead atoms. The fourth-order valence-corrected chi connectivity index (χ4v) is 3.49. The topological polar surface area (TPSA) is 78.8 Å². The summed E-state index contributed by atoms with van der Waals surface area (Å²) >= 11 is 0. The van der Waals surface area contributed by atoms with Crippen LogP contribution in [0.5, 0.6) is 0 Å². The van der Waals surface area contributed by atoms with Gasteiger partial charge in [-0.05, 0) is 50.0 Å². The number of aryl methyl sites for hydroxylation is 1. The molecule has 2 aromatic rings. The molecule has 2 aliphatic carbocycles. The van der Waals surface area contributed by atoms with Crippen LogP contribution in [0.3, 0.4) is 0 Å². The molecule has 0 unspecified atom stereocenters. The third-order valence-electron chi connectivity index (χ3n) is 5.21. The van der Waals surface area contributed by atoms with E-state index in [0.717, 1.165) is 30.9 Å². The molecule has 2 aromatic heterocycles. The lowest BCUT2D eigenvalue weighted by molar-refractivity contribution is 0.219. The third-order valence-corrected chi connectivity index (χ3v) is 5.21. The average Bonchev–Trinajstić information content (AvgIpc) is 3.27. The second-order valence-corrected chi connectivity index (χ2v) is 7.32. The highest BCUT2D eigenvalue weighted by atomic mass is 16.2. The van der Waals surface area contributed by atoms with Crippen molar-refractivity contribution in [3.63, 3.8) is 0 Å². The van der Waals surface area contributed by atoms with Crippen molar-refractivity contribution < 1.29 is 4.79 Å². The maximum absolute atomic E-state index is 12.6. The van der Waals surface area contributed by atoms with Gasteiger partial charge in [0.1, 0.15) is 5.82 Å². The number of urea groups is 1. The van der Waals surface area contributed by atoms with Crippen LogP contribution in [-0.4, -0.2) is 38.0 Å². The van der Waals surface area contributed by atoms with Gasteiger partial charge in [0.2, 0.25) is 0 Å². The Kier molecular flexibility index (Phi) is 4.46. The first-order valence-electron chi connectivity index (χ1n) is 9.29. The Morgan fingerprint density at radius 2 is 2.20 bits per heavy atom. The Morgan fingerprint density at radius 3 is 3.04 bits per heavy atom. The van der Waals surface area contributed by atoms with Crippen LogP contribution in [0.15, 0.2) is 12.3 Å². The molecule has 4 rings (SSSR count). The molecule has 7 nitrogen and oxygen atoms in total. The van der Waals surface area contributed by atoms with E-state index < -0.39 is 0 Å². The van der Waals surface area contributed by atoms with Crippen molar-refractivity contribution in [2.75, 3.05) is 12.4 Å². The number of anilines is 1. The summed E-state index contributed by atoms with van der Waals surface area (Å²) in [6, 6.07) is 1.73. The van der Waals surface area contributed by atoms with Crippen molar-refractivity contribution in [1.82, 2.24) is 24.9 Å². The standard InChI is InChI=1S/C18H26N6O/c1-23(12-16-14-5-3-2-4-6-15(14)21-22-16)18(25)20-17-9-10-19-24(17)11-13-7-8-13/h9-10,13H,2-8,11-12H2,1H3,(H,20,25)(H,21,22). The highest BCUT2D eigenvalue weighted by Gasteiger charge is 2.24. The minimum absolute atomic E-state index is 0.122. The van der Waals surface area contributed by atoms with Crippen molar-refractivity contribution in [1.29, 1.82) is 0 Å². The molecule has 1 fully saturated rings. The molecule has 134 valence electrons. The maximum atomic E-state index is 12.6. The van der Waals surface area contributed by atoms with E-state index in [0.29, 0.717) is 12.5 Å². The molecule has 2 heterocycles. The van der Waals surface area contributed by atoms with Crippen LogP contribution < -0.4 is 5.32 Å². The number of carbonyl (C=O) groups is 1. The van der Waals surface area contributed by atoms with E-state index in [2.05, 4.69) is 20.6 Å². The van der Waals surface area contributed by atoms with Gasteiger partial charge < -0.3 is 4.90 Å². The fourth-order valence-electron chi connectivity index (χ4n) is 3.49. The average molecular weight is 342 g/mol. The summed E-state index contributed by atoms with van der Waals surface area (Å²) in [6.07, 6.45) is 10.1.